The van der Waals surface area contributed by atoms with Crippen LogP contribution in [0.5, 0.6) is 0 Å². The molecule has 0 amide bonds. The number of carboxylic acid groups (broad SMARTS) is 2. The molecule has 4 N–H and O–H groups in total. The minimum Gasteiger partial charge on any atom is -0.481 e. The lowest BCUT2D eigenvalue weighted by molar-refractivity contribution is -0.139. The Labute approximate surface area is 269 Å². The number of hydrogen-bond donors (Lipinski definition) is 4. The van der Waals surface area contributed by atoms with Crippen LogP contribution in [0.2, 0.25) is 0 Å². The molecule has 0 saturated carbocycles. The monoisotopic (exact) mass is 658 g/mol. The molecule has 0 spiro atoms. The second-order valence-corrected chi connectivity index (χ2v) is 10.9. The number of para-hydroxylation sites is 2. The molecule has 244 valence electrons. The summed E-state index contributed by atoms with van der Waals surface area (Å²) in [5, 5.41) is 20.4. The molecule has 0 aliphatic carbocycles. The second-order valence-electron chi connectivity index (χ2n) is 10.9. The van der Waals surface area contributed by atoms with E-state index < -0.39 is 71.5 Å². The largest absolute Gasteiger partial charge is 0.481 e. The Morgan fingerprint density at radius 3 is 1.29 bits per heavy atom. The molecule has 0 radical (unpaired) electrons. The van der Waals surface area contributed by atoms with E-state index in [1.165, 1.54) is 12.4 Å². The van der Waals surface area contributed by atoms with E-state index >= 15 is 0 Å². The minimum absolute atomic E-state index is 0.317. The Morgan fingerprint density at radius 2 is 0.938 bits per heavy atom. The number of ketones is 2. The molecule has 4 aromatic carbocycles. The zero-order chi connectivity index (χ0) is 34.5. The molecule has 2 atom stereocenters. The van der Waals surface area contributed by atoms with E-state index in [0.29, 0.717) is 34.0 Å². The van der Waals surface area contributed by atoms with Gasteiger partial charge >= 0.3 is 11.9 Å². The first kappa shape index (κ1) is 33.3. The van der Waals surface area contributed by atoms with Gasteiger partial charge in [0.2, 0.25) is 0 Å². The van der Waals surface area contributed by atoms with Crippen molar-refractivity contribution < 1.29 is 47.0 Å². The van der Waals surface area contributed by atoms with Gasteiger partial charge in [0.25, 0.3) is 0 Å². The van der Waals surface area contributed by atoms with Gasteiger partial charge in [0.1, 0.15) is 23.3 Å². The van der Waals surface area contributed by atoms with Crippen molar-refractivity contribution in [2.45, 2.75) is 24.7 Å². The number of H-pyrrole nitrogens is 2. The number of fused-ring (bicyclic) bond motifs is 2. The summed E-state index contributed by atoms with van der Waals surface area (Å²) >= 11 is 0. The second kappa shape index (κ2) is 14.2. The van der Waals surface area contributed by atoms with Crippen molar-refractivity contribution in [1.82, 2.24) is 9.97 Å². The first-order valence-corrected chi connectivity index (χ1v) is 14.5. The smallest absolute Gasteiger partial charge is 0.311 e. The molecule has 2 heterocycles. The summed E-state index contributed by atoms with van der Waals surface area (Å²) in [5.74, 6) is -9.59. The first-order valence-electron chi connectivity index (χ1n) is 14.5. The number of nitrogens with one attached hydrogen (secondary N) is 2. The maximum atomic E-state index is 13.7. The minimum atomic E-state index is -1.18. The average molecular weight is 659 g/mol. The number of carbonyl (C=O) groups excluding carboxylic acids is 2. The van der Waals surface area contributed by atoms with Gasteiger partial charge in [-0.2, -0.15) is 0 Å². The van der Waals surface area contributed by atoms with Crippen molar-refractivity contribution in [2.75, 3.05) is 0 Å². The molecular weight excluding hydrogens is 632 g/mol. The van der Waals surface area contributed by atoms with Gasteiger partial charge in [-0.3, -0.25) is 19.2 Å². The van der Waals surface area contributed by atoms with Crippen LogP contribution in [0, 0.1) is 23.3 Å². The Kier molecular flexibility index (Phi) is 9.83. The maximum Gasteiger partial charge on any atom is 0.311 e. The highest BCUT2D eigenvalue weighted by molar-refractivity contribution is 6.01. The van der Waals surface area contributed by atoms with Crippen molar-refractivity contribution in [1.29, 1.82) is 0 Å². The Balaban J connectivity index is 0.000000188. The van der Waals surface area contributed by atoms with Crippen LogP contribution in [0.25, 0.3) is 21.8 Å². The molecule has 48 heavy (non-hydrogen) atoms. The van der Waals surface area contributed by atoms with Crippen LogP contribution in [0.4, 0.5) is 17.6 Å². The lowest BCUT2D eigenvalue weighted by Gasteiger charge is -2.11. The number of halogens is 4. The number of Topliss-reactive ketones (excluding diaryl/α,β-unsaturated/α-hetero) is 2. The molecule has 12 heteroatoms. The Hall–Kier alpha value is -6.04. The summed E-state index contributed by atoms with van der Waals surface area (Å²) in [4.78, 5) is 53.7. The van der Waals surface area contributed by atoms with E-state index in [2.05, 4.69) is 9.97 Å². The SMILES string of the molecule is O=C(CC(C(=O)O)c1c[nH]c2ccccc12)c1ccc(F)cc1F.O=C(CC(C(=O)O)c1c[nH]c2ccccc12)c1ccc(F)cc1F. The summed E-state index contributed by atoms with van der Waals surface area (Å²) in [5.41, 5.74) is 1.77. The maximum absolute atomic E-state index is 13.7. The van der Waals surface area contributed by atoms with E-state index in [1.54, 1.807) is 48.5 Å². The van der Waals surface area contributed by atoms with Crippen LogP contribution in [0.15, 0.2) is 97.3 Å². The summed E-state index contributed by atoms with van der Waals surface area (Å²) in [6, 6.07) is 19.4. The fourth-order valence-electron chi connectivity index (χ4n) is 5.45. The van der Waals surface area contributed by atoms with Crippen molar-refractivity contribution in [3.8, 4) is 0 Å². The standard InChI is InChI=1S/2C18H13F2NO3/c2*19-10-5-6-12(15(20)7-10)17(22)8-13(18(23)24)14-9-21-16-4-2-1-3-11(14)16/h2*1-7,9,13,21H,8H2,(H,23,24). The topological polar surface area (TPSA) is 140 Å². The van der Waals surface area contributed by atoms with E-state index in [4.69, 9.17) is 0 Å². The van der Waals surface area contributed by atoms with Crippen molar-refractivity contribution >= 4 is 45.3 Å². The zero-order valence-electron chi connectivity index (χ0n) is 24.8. The number of hydrogen-bond acceptors (Lipinski definition) is 4. The Bertz CT molecular complexity index is 2020. The first-order chi connectivity index (χ1) is 22.9. The van der Waals surface area contributed by atoms with Gasteiger partial charge < -0.3 is 20.2 Å². The van der Waals surface area contributed by atoms with E-state index in [-0.39, 0.29) is 11.1 Å². The highest BCUT2D eigenvalue weighted by Gasteiger charge is 2.29. The van der Waals surface area contributed by atoms with E-state index in [0.717, 1.165) is 35.3 Å². The predicted molar refractivity (Wildman–Crippen MR) is 168 cm³/mol. The molecule has 0 aliphatic rings. The van der Waals surface area contributed by atoms with Crippen LogP contribution < -0.4 is 0 Å². The summed E-state index contributed by atoms with van der Waals surface area (Å²) < 4.78 is 53.4. The quantitative estimate of drug-likeness (QED) is 0.0876. The summed E-state index contributed by atoms with van der Waals surface area (Å²) in [7, 11) is 0. The van der Waals surface area contributed by atoms with Crippen LogP contribution >= 0.6 is 0 Å². The van der Waals surface area contributed by atoms with Crippen LogP contribution in [-0.2, 0) is 9.59 Å². The number of rotatable bonds is 10. The number of carboxylic acids is 2. The van der Waals surface area contributed by atoms with Gasteiger partial charge in [0, 0.05) is 59.2 Å². The van der Waals surface area contributed by atoms with Crippen molar-refractivity contribution in [3.05, 3.63) is 143 Å². The fraction of sp³-hybridized carbons (Fsp3) is 0.111. The lowest BCUT2D eigenvalue weighted by atomic mass is 9.91. The van der Waals surface area contributed by atoms with Crippen molar-refractivity contribution in [2.24, 2.45) is 0 Å². The van der Waals surface area contributed by atoms with Gasteiger partial charge in [-0.15, -0.1) is 0 Å². The molecule has 0 saturated heterocycles. The summed E-state index contributed by atoms with van der Waals surface area (Å²) in [6.07, 6.45) is 2.25. The Morgan fingerprint density at radius 1 is 0.562 bits per heavy atom. The molecule has 0 fully saturated rings. The molecule has 6 aromatic rings. The third-order valence-electron chi connectivity index (χ3n) is 7.83. The fourth-order valence-corrected chi connectivity index (χ4v) is 5.45. The van der Waals surface area contributed by atoms with Gasteiger partial charge in [-0.25, -0.2) is 17.6 Å². The highest BCUT2D eigenvalue weighted by atomic mass is 19.1. The van der Waals surface area contributed by atoms with E-state index in [1.807, 2.05) is 0 Å². The zero-order valence-corrected chi connectivity index (χ0v) is 24.8. The van der Waals surface area contributed by atoms with Gasteiger partial charge in [0.15, 0.2) is 11.6 Å². The highest BCUT2D eigenvalue weighted by Crippen LogP contribution is 2.31. The molecule has 2 unspecified atom stereocenters. The molecule has 8 nitrogen and oxygen atoms in total. The number of aromatic amines is 2. The molecule has 0 aliphatic heterocycles. The van der Waals surface area contributed by atoms with Crippen LogP contribution in [-0.4, -0.2) is 43.7 Å². The normalized spacial score (nSPS) is 12.2. The third kappa shape index (κ3) is 7.17. The lowest BCUT2D eigenvalue weighted by Crippen LogP contribution is -2.17. The van der Waals surface area contributed by atoms with Gasteiger partial charge in [-0.1, -0.05) is 36.4 Å². The number of aromatic nitrogens is 2. The van der Waals surface area contributed by atoms with Crippen LogP contribution in [0.1, 0.15) is 56.5 Å². The average Bonchev–Trinajstić information content (AvgIpc) is 3.67. The van der Waals surface area contributed by atoms with E-state index in [9.17, 15) is 47.0 Å². The van der Waals surface area contributed by atoms with Gasteiger partial charge in [0.05, 0.1) is 23.0 Å². The van der Waals surface area contributed by atoms with Crippen LogP contribution in [0.3, 0.4) is 0 Å². The molecule has 6 rings (SSSR count). The predicted octanol–water partition coefficient (Wildman–Crippen LogP) is 7.77. The summed E-state index contributed by atoms with van der Waals surface area (Å²) in [6.45, 7) is 0. The number of benzene rings is 4. The molecule has 2 aromatic heterocycles. The number of aliphatic carboxylic acids is 2. The van der Waals surface area contributed by atoms with Gasteiger partial charge in [-0.05, 0) is 47.5 Å². The molecular formula is C36H26F4N2O6. The number of carbonyl (C=O) groups is 4. The van der Waals surface area contributed by atoms with Crippen molar-refractivity contribution in [3.63, 3.8) is 0 Å². The third-order valence-corrected chi connectivity index (χ3v) is 7.83. The molecule has 0 bridgehead atoms.